The Labute approximate surface area is 105 Å². The first-order valence-corrected chi connectivity index (χ1v) is 5.42. The van der Waals surface area contributed by atoms with Crippen LogP contribution in [0.3, 0.4) is 0 Å². The molecule has 1 amide bonds. The van der Waals surface area contributed by atoms with Gasteiger partial charge in [0.25, 0.3) is 5.91 Å². The van der Waals surface area contributed by atoms with Gasteiger partial charge in [-0.3, -0.25) is 9.78 Å². The Balaban J connectivity index is 1.85. The number of anilines is 2. The second-order valence-electron chi connectivity index (χ2n) is 3.65. The Hall–Kier alpha value is -2.56. The molecule has 92 valence electrons. The highest BCUT2D eigenvalue weighted by Gasteiger charge is 2.03. The van der Waals surface area contributed by atoms with Crippen LogP contribution in [-0.2, 0) is 4.79 Å². The van der Waals surface area contributed by atoms with E-state index >= 15 is 0 Å². The molecule has 0 unspecified atom stereocenters. The molecule has 1 aromatic carbocycles. The van der Waals surface area contributed by atoms with E-state index in [0.717, 1.165) is 0 Å². The number of nitrogens with one attached hydrogen (secondary N) is 1. The molecule has 1 heterocycles. The van der Waals surface area contributed by atoms with E-state index in [1.165, 1.54) is 0 Å². The van der Waals surface area contributed by atoms with Crippen LogP contribution >= 0.6 is 0 Å². The fourth-order valence-electron chi connectivity index (χ4n) is 1.39. The highest BCUT2D eigenvalue weighted by molar-refractivity contribution is 5.91. The lowest BCUT2D eigenvalue weighted by molar-refractivity contribution is -0.118. The summed E-state index contributed by atoms with van der Waals surface area (Å²) in [7, 11) is 0. The van der Waals surface area contributed by atoms with Crippen molar-refractivity contribution in [3.63, 3.8) is 0 Å². The highest BCUT2D eigenvalue weighted by atomic mass is 16.5. The molecule has 1 aromatic heterocycles. The van der Waals surface area contributed by atoms with Crippen molar-refractivity contribution in [3.8, 4) is 5.75 Å². The number of nitrogens with zero attached hydrogens (tertiary/aromatic N) is 1. The molecule has 0 bridgehead atoms. The SMILES string of the molecule is Nc1cccc(OCC(=O)Nc2cccnc2)c1. The van der Waals surface area contributed by atoms with Crippen LogP contribution in [0, 0.1) is 0 Å². The maximum Gasteiger partial charge on any atom is 0.262 e. The Morgan fingerprint density at radius 1 is 1.33 bits per heavy atom. The molecule has 3 N–H and O–H groups in total. The monoisotopic (exact) mass is 243 g/mol. The van der Waals surface area contributed by atoms with Crippen molar-refractivity contribution in [2.75, 3.05) is 17.7 Å². The summed E-state index contributed by atoms with van der Waals surface area (Å²) in [5.74, 6) is 0.321. The number of nitrogens with two attached hydrogens (primary N) is 1. The van der Waals surface area contributed by atoms with Gasteiger partial charge in [-0.15, -0.1) is 0 Å². The van der Waals surface area contributed by atoms with Crippen LogP contribution in [0.2, 0.25) is 0 Å². The number of carbonyl (C=O) groups is 1. The van der Waals surface area contributed by atoms with Crippen molar-refractivity contribution in [1.29, 1.82) is 0 Å². The predicted octanol–water partition coefficient (Wildman–Crippen LogP) is 1.68. The summed E-state index contributed by atoms with van der Waals surface area (Å²) in [6.07, 6.45) is 3.21. The lowest BCUT2D eigenvalue weighted by Gasteiger charge is -2.07. The van der Waals surface area contributed by atoms with Crippen LogP contribution in [-0.4, -0.2) is 17.5 Å². The van der Waals surface area contributed by atoms with Gasteiger partial charge in [0.1, 0.15) is 5.75 Å². The van der Waals surface area contributed by atoms with Crippen LogP contribution in [0.1, 0.15) is 0 Å². The number of nitrogen functional groups attached to an aromatic ring is 1. The lowest BCUT2D eigenvalue weighted by atomic mass is 10.3. The summed E-state index contributed by atoms with van der Waals surface area (Å²) in [6, 6.07) is 10.4. The number of hydrogen-bond donors (Lipinski definition) is 2. The van der Waals surface area contributed by atoms with Gasteiger partial charge in [-0.1, -0.05) is 6.07 Å². The Kier molecular flexibility index (Phi) is 3.76. The number of hydrogen-bond acceptors (Lipinski definition) is 4. The largest absolute Gasteiger partial charge is 0.484 e. The second-order valence-corrected chi connectivity index (χ2v) is 3.65. The summed E-state index contributed by atoms with van der Waals surface area (Å²) >= 11 is 0. The first-order chi connectivity index (χ1) is 8.74. The van der Waals surface area contributed by atoms with Gasteiger partial charge in [-0.2, -0.15) is 0 Å². The highest BCUT2D eigenvalue weighted by Crippen LogP contribution is 2.14. The molecular formula is C13H13N3O2. The maximum absolute atomic E-state index is 11.6. The molecule has 5 heteroatoms. The van der Waals surface area contributed by atoms with Gasteiger partial charge in [0.2, 0.25) is 0 Å². The fourth-order valence-corrected chi connectivity index (χ4v) is 1.39. The van der Waals surface area contributed by atoms with E-state index < -0.39 is 0 Å². The minimum Gasteiger partial charge on any atom is -0.484 e. The molecule has 0 saturated carbocycles. The molecule has 0 atom stereocenters. The Bertz CT molecular complexity index is 529. The minimum absolute atomic E-state index is 0.0711. The van der Waals surface area contributed by atoms with E-state index in [4.69, 9.17) is 10.5 Å². The van der Waals surface area contributed by atoms with Gasteiger partial charge >= 0.3 is 0 Å². The van der Waals surface area contributed by atoms with E-state index in [1.54, 1.807) is 48.8 Å². The average Bonchev–Trinajstić information content (AvgIpc) is 2.38. The summed E-state index contributed by atoms with van der Waals surface area (Å²) in [6.45, 7) is -0.0711. The van der Waals surface area contributed by atoms with Crippen LogP contribution in [0.5, 0.6) is 5.75 Å². The molecule has 0 aliphatic rings. The third-order valence-electron chi connectivity index (χ3n) is 2.17. The number of benzene rings is 1. The zero-order chi connectivity index (χ0) is 12.8. The topological polar surface area (TPSA) is 77.2 Å². The predicted molar refractivity (Wildman–Crippen MR) is 69.2 cm³/mol. The third-order valence-corrected chi connectivity index (χ3v) is 2.17. The normalized spacial score (nSPS) is 9.78. The molecule has 0 aliphatic carbocycles. The van der Waals surface area contributed by atoms with Gasteiger partial charge in [0.15, 0.2) is 6.61 Å². The molecule has 0 fully saturated rings. The minimum atomic E-state index is -0.245. The molecule has 0 radical (unpaired) electrons. The molecule has 0 aliphatic heterocycles. The van der Waals surface area contributed by atoms with Gasteiger partial charge in [-0.25, -0.2) is 0 Å². The molecule has 0 spiro atoms. The standard InChI is InChI=1S/C13H13N3O2/c14-10-3-1-5-12(7-10)18-9-13(17)16-11-4-2-6-15-8-11/h1-8H,9,14H2,(H,16,17). The van der Waals surface area contributed by atoms with Gasteiger partial charge < -0.3 is 15.8 Å². The van der Waals surface area contributed by atoms with E-state index in [9.17, 15) is 4.79 Å². The first kappa shape index (κ1) is 11.9. The summed E-state index contributed by atoms with van der Waals surface area (Å²) in [5.41, 5.74) is 6.83. The van der Waals surface area contributed by atoms with Crippen molar-refractivity contribution in [2.45, 2.75) is 0 Å². The quantitative estimate of drug-likeness (QED) is 0.801. The zero-order valence-corrected chi connectivity index (χ0v) is 9.67. The van der Waals surface area contributed by atoms with E-state index in [0.29, 0.717) is 17.1 Å². The van der Waals surface area contributed by atoms with Crippen LogP contribution in [0.15, 0.2) is 48.8 Å². The van der Waals surface area contributed by atoms with Crippen LogP contribution in [0.4, 0.5) is 11.4 Å². The fraction of sp³-hybridized carbons (Fsp3) is 0.0769. The summed E-state index contributed by atoms with van der Waals surface area (Å²) in [5, 5.41) is 2.67. The summed E-state index contributed by atoms with van der Waals surface area (Å²) in [4.78, 5) is 15.5. The molecule has 2 rings (SSSR count). The number of rotatable bonds is 4. The van der Waals surface area contributed by atoms with E-state index in [2.05, 4.69) is 10.3 Å². The van der Waals surface area contributed by atoms with Crippen LogP contribution in [0.25, 0.3) is 0 Å². The molecular weight excluding hydrogens is 230 g/mol. The number of pyridine rings is 1. The summed E-state index contributed by atoms with van der Waals surface area (Å²) < 4.78 is 5.31. The Morgan fingerprint density at radius 2 is 2.22 bits per heavy atom. The number of amides is 1. The average molecular weight is 243 g/mol. The molecule has 18 heavy (non-hydrogen) atoms. The van der Waals surface area contributed by atoms with Crippen molar-refractivity contribution in [1.82, 2.24) is 4.98 Å². The molecule has 0 saturated heterocycles. The number of aromatic nitrogens is 1. The second kappa shape index (κ2) is 5.67. The van der Waals surface area contributed by atoms with Crippen molar-refractivity contribution in [3.05, 3.63) is 48.8 Å². The van der Waals surface area contributed by atoms with Gasteiger partial charge in [0.05, 0.1) is 11.9 Å². The van der Waals surface area contributed by atoms with Crippen LogP contribution < -0.4 is 15.8 Å². The molecule has 5 nitrogen and oxygen atoms in total. The number of carbonyl (C=O) groups excluding carboxylic acids is 1. The smallest absolute Gasteiger partial charge is 0.262 e. The molecule has 2 aromatic rings. The lowest BCUT2D eigenvalue weighted by Crippen LogP contribution is -2.20. The zero-order valence-electron chi connectivity index (χ0n) is 9.67. The maximum atomic E-state index is 11.6. The first-order valence-electron chi connectivity index (χ1n) is 5.42. The van der Waals surface area contributed by atoms with Crippen molar-refractivity contribution < 1.29 is 9.53 Å². The third kappa shape index (κ3) is 3.48. The van der Waals surface area contributed by atoms with E-state index in [-0.39, 0.29) is 12.5 Å². The van der Waals surface area contributed by atoms with Gasteiger partial charge in [-0.05, 0) is 24.3 Å². The Morgan fingerprint density at radius 3 is 2.94 bits per heavy atom. The van der Waals surface area contributed by atoms with Gasteiger partial charge in [0, 0.05) is 18.0 Å². The number of ether oxygens (including phenoxy) is 1. The van der Waals surface area contributed by atoms with E-state index in [1.807, 2.05) is 0 Å². The van der Waals surface area contributed by atoms with Crippen molar-refractivity contribution in [2.24, 2.45) is 0 Å². The van der Waals surface area contributed by atoms with Crippen molar-refractivity contribution >= 4 is 17.3 Å².